The van der Waals surface area contributed by atoms with Crippen LogP contribution in [0.3, 0.4) is 0 Å². The minimum Gasteiger partial charge on any atom is -0.355 e. The van der Waals surface area contributed by atoms with Gasteiger partial charge in [-0.3, -0.25) is 4.72 Å². The number of aromatic nitrogens is 2. The number of anilines is 2. The zero-order valence-corrected chi connectivity index (χ0v) is 19.1. The topological polar surface area (TPSA) is 75.2 Å². The molecule has 1 aromatic heterocycles. The molecule has 0 radical (unpaired) electrons. The number of sulfonamides is 1. The van der Waals surface area contributed by atoms with E-state index in [-0.39, 0.29) is 14.9 Å². The van der Waals surface area contributed by atoms with Crippen LogP contribution in [0.2, 0.25) is 10.0 Å². The zero-order valence-electron chi connectivity index (χ0n) is 16.8. The first-order valence-corrected chi connectivity index (χ1v) is 12.3. The van der Waals surface area contributed by atoms with Crippen LogP contribution < -0.4 is 9.62 Å². The Morgan fingerprint density at radius 2 is 1.61 bits per heavy atom. The van der Waals surface area contributed by atoms with Crippen LogP contribution in [0.15, 0.2) is 59.5 Å². The Hall–Kier alpha value is -2.35. The SMILES string of the molecule is O=S(=O)(Nc1cccc(-c2ccc(N3CCCCCC3)nn2)c1)c1cccc(Cl)c1Cl. The maximum absolute atomic E-state index is 12.8. The van der Waals surface area contributed by atoms with Crippen LogP contribution in [-0.4, -0.2) is 31.7 Å². The maximum atomic E-state index is 12.8. The van der Waals surface area contributed by atoms with E-state index in [4.69, 9.17) is 23.2 Å². The molecule has 0 bridgehead atoms. The van der Waals surface area contributed by atoms with Gasteiger partial charge in [0.15, 0.2) is 5.82 Å². The number of hydrogen-bond donors (Lipinski definition) is 1. The van der Waals surface area contributed by atoms with Crippen LogP contribution in [0, 0.1) is 0 Å². The lowest BCUT2D eigenvalue weighted by Gasteiger charge is -2.20. The highest BCUT2D eigenvalue weighted by Gasteiger charge is 2.20. The van der Waals surface area contributed by atoms with Crippen molar-refractivity contribution < 1.29 is 8.42 Å². The van der Waals surface area contributed by atoms with Crippen LogP contribution in [0.1, 0.15) is 25.7 Å². The third-order valence-electron chi connectivity index (χ3n) is 5.20. The number of halogens is 2. The predicted molar refractivity (Wildman–Crippen MR) is 125 cm³/mol. The molecule has 4 rings (SSSR count). The highest BCUT2D eigenvalue weighted by atomic mass is 35.5. The molecule has 2 aromatic carbocycles. The second-order valence-corrected chi connectivity index (χ2v) is 9.85. The summed E-state index contributed by atoms with van der Waals surface area (Å²) in [6, 6.07) is 15.4. The van der Waals surface area contributed by atoms with Crippen molar-refractivity contribution in [3.05, 3.63) is 64.6 Å². The van der Waals surface area contributed by atoms with Gasteiger partial charge in [-0.2, -0.15) is 0 Å². The lowest BCUT2D eigenvalue weighted by atomic mass is 10.1. The third-order valence-corrected chi connectivity index (χ3v) is 7.55. The van der Waals surface area contributed by atoms with Crippen molar-refractivity contribution >= 4 is 44.7 Å². The van der Waals surface area contributed by atoms with Gasteiger partial charge in [0.1, 0.15) is 4.90 Å². The van der Waals surface area contributed by atoms with Gasteiger partial charge in [-0.25, -0.2) is 8.42 Å². The Morgan fingerprint density at radius 1 is 0.871 bits per heavy atom. The first-order chi connectivity index (χ1) is 14.9. The quantitative estimate of drug-likeness (QED) is 0.516. The van der Waals surface area contributed by atoms with Crippen molar-refractivity contribution in [2.75, 3.05) is 22.7 Å². The largest absolute Gasteiger partial charge is 0.355 e. The summed E-state index contributed by atoms with van der Waals surface area (Å²) in [5.41, 5.74) is 1.82. The average Bonchev–Trinajstić information content (AvgIpc) is 3.05. The molecular weight excluding hydrogens is 455 g/mol. The Morgan fingerprint density at radius 3 is 2.32 bits per heavy atom. The highest BCUT2D eigenvalue weighted by molar-refractivity contribution is 7.92. The highest BCUT2D eigenvalue weighted by Crippen LogP contribution is 2.31. The molecule has 3 aromatic rings. The summed E-state index contributed by atoms with van der Waals surface area (Å²) < 4.78 is 28.1. The number of benzene rings is 2. The van der Waals surface area contributed by atoms with Gasteiger partial charge in [0.2, 0.25) is 0 Å². The van der Waals surface area contributed by atoms with Crippen LogP contribution >= 0.6 is 23.2 Å². The van der Waals surface area contributed by atoms with Gasteiger partial charge in [-0.15, -0.1) is 10.2 Å². The fourth-order valence-corrected chi connectivity index (χ4v) is 5.40. The molecule has 0 amide bonds. The third kappa shape index (κ3) is 5.11. The molecule has 0 spiro atoms. The molecule has 162 valence electrons. The van der Waals surface area contributed by atoms with Gasteiger partial charge in [0, 0.05) is 24.3 Å². The summed E-state index contributed by atoms with van der Waals surface area (Å²) in [5.74, 6) is 0.873. The van der Waals surface area contributed by atoms with Crippen molar-refractivity contribution in [1.82, 2.24) is 10.2 Å². The molecule has 1 saturated heterocycles. The number of hydrogen-bond acceptors (Lipinski definition) is 5. The van der Waals surface area contributed by atoms with Crippen LogP contribution in [0.4, 0.5) is 11.5 Å². The molecule has 0 aliphatic carbocycles. The summed E-state index contributed by atoms with van der Waals surface area (Å²) in [5, 5.41) is 8.93. The zero-order chi connectivity index (χ0) is 21.8. The van der Waals surface area contributed by atoms with Gasteiger partial charge >= 0.3 is 0 Å². The van der Waals surface area contributed by atoms with E-state index in [9.17, 15) is 8.42 Å². The second-order valence-electron chi connectivity index (χ2n) is 7.42. The molecule has 1 aliphatic heterocycles. The van der Waals surface area contributed by atoms with Gasteiger partial charge in [-0.05, 0) is 49.2 Å². The summed E-state index contributed by atoms with van der Waals surface area (Å²) in [7, 11) is -3.90. The molecule has 1 fully saturated rings. The molecule has 1 aliphatic rings. The van der Waals surface area contributed by atoms with Gasteiger partial charge in [0.25, 0.3) is 10.0 Å². The molecule has 0 unspecified atom stereocenters. The summed E-state index contributed by atoms with van der Waals surface area (Å²) >= 11 is 12.0. The summed E-state index contributed by atoms with van der Waals surface area (Å²) in [4.78, 5) is 2.19. The number of nitrogens with one attached hydrogen (secondary N) is 1. The average molecular weight is 477 g/mol. The summed E-state index contributed by atoms with van der Waals surface area (Å²) in [6.45, 7) is 1.99. The van der Waals surface area contributed by atoms with Crippen LogP contribution in [-0.2, 0) is 10.0 Å². The van der Waals surface area contributed by atoms with Crippen molar-refractivity contribution in [1.29, 1.82) is 0 Å². The van der Waals surface area contributed by atoms with E-state index in [0.29, 0.717) is 11.4 Å². The molecule has 0 saturated carbocycles. The fourth-order valence-electron chi connectivity index (χ4n) is 3.59. The van der Waals surface area contributed by atoms with Crippen LogP contribution in [0.5, 0.6) is 0 Å². The minimum absolute atomic E-state index is 0.0113. The fraction of sp³-hybridized carbons (Fsp3) is 0.273. The molecule has 1 N–H and O–H groups in total. The molecule has 2 heterocycles. The summed E-state index contributed by atoms with van der Waals surface area (Å²) in [6.07, 6.45) is 4.85. The van der Waals surface area contributed by atoms with Crippen LogP contribution in [0.25, 0.3) is 11.3 Å². The Balaban J connectivity index is 1.55. The first kappa shape index (κ1) is 21.9. The van der Waals surface area contributed by atoms with Crippen molar-refractivity contribution in [3.63, 3.8) is 0 Å². The van der Waals surface area contributed by atoms with Crippen molar-refractivity contribution in [3.8, 4) is 11.3 Å². The van der Waals surface area contributed by atoms with Gasteiger partial charge in [-0.1, -0.05) is 54.2 Å². The normalized spacial score (nSPS) is 14.8. The standard InChI is InChI=1S/C22H22Cl2N4O2S/c23-18-9-6-10-20(22(18)24)31(29,30)27-17-8-5-7-16(15-17)19-11-12-21(26-25-19)28-13-3-1-2-4-14-28/h5-12,15,27H,1-4,13-14H2. The molecule has 9 heteroatoms. The van der Waals surface area contributed by atoms with E-state index in [0.717, 1.165) is 24.5 Å². The first-order valence-electron chi connectivity index (χ1n) is 10.1. The van der Waals surface area contributed by atoms with Gasteiger partial charge < -0.3 is 4.90 Å². The van der Waals surface area contributed by atoms with E-state index in [1.54, 1.807) is 24.3 Å². The molecule has 0 atom stereocenters. The number of nitrogens with zero attached hydrogens (tertiary/aromatic N) is 3. The minimum atomic E-state index is -3.90. The predicted octanol–water partition coefficient (Wildman–Crippen LogP) is 5.63. The Labute approximate surface area is 192 Å². The Kier molecular flexibility index (Phi) is 6.65. The van der Waals surface area contributed by atoms with Crippen molar-refractivity contribution in [2.45, 2.75) is 30.6 Å². The Bertz CT molecular complexity index is 1160. The van der Waals surface area contributed by atoms with E-state index >= 15 is 0 Å². The molecule has 6 nitrogen and oxygen atoms in total. The smallest absolute Gasteiger partial charge is 0.263 e. The van der Waals surface area contributed by atoms with Crippen molar-refractivity contribution in [2.24, 2.45) is 0 Å². The van der Waals surface area contributed by atoms with E-state index in [1.165, 1.54) is 37.8 Å². The maximum Gasteiger partial charge on any atom is 0.263 e. The lowest BCUT2D eigenvalue weighted by molar-refractivity contribution is 0.601. The molecule has 31 heavy (non-hydrogen) atoms. The van der Waals surface area contributed by atoms with E-state index in [2.05, 4.69) is 19.8 Å². The second kappa shape index (κ2) is 9.42. The number of rotatable bonds is 5. The molecular formula is C22H22Cl2N4O2S. The lowest BCUT2D eigenvalue weighted by Crippen LogP contribution is -2.25. The van der Waals surface area contributed by atoms with Gasteiger partial charge in [0.05, 0.1) is 15.7 Å². The monoisotopic (exact) mass is 476 g/mol. The van der Waals surface area contributed by atoms with E-state index < -0.39 is 10.0 Å². The van der Waals surface area contributed by atoms with E-state index in [1.807, 2.05) is 18.2 Å².